The van der Waals surface area contributed by atoms with Crippen LogP contribution in [0.2, 0.25) is 0 Å². The first kappa shape index (κ1) is 24.1. The first-order valence-corrected chi connectivity index (χ1v) is 12.7. The molecule has 0 radical (unpaired) electrons. The number of rotatable bonds is 6. The van der Waals surface area contributed by atoms with Crippen LogP contribution < -0.4 is 20.1 Å². The Morgan fingerprint density at radius 1 is 0.889 bits per heavy atom. The summed E-state index contributed by atoms with van der Waals surface area (Å²) in [4.78, 5) is 42.3. The number of ether oxygens (including phenoxy) is 2. The minimum atomic E-state index is -0.665. The Morgan fingerprint density at radius 3 is 2.36 bits per heavy atom. The fourth-order valence-electron chi connectivity index (χ4n) is 4.99. The lowest BCUT2D eigenvalue weighted by atomic mass is 10.1. The Morgan fingerprint density at radius 2 is 1.58 bits per heavy atom. The number of para-hydroxylation sites is 3. The highest BCUT2D eigenvalue weighted by molar-refractivity contribution is 6.04. The summed E-state index contributed by atoms with van der Waals surface area (Å²) in [6, 6.07) is 14.6. The van der Waals surface area contributed by atoms with Gasteiger partial charge in [0.25, 0.3) is 11.8 Å². The van der Waals surface area contributed by atoms with E-state index in [0.717, 1.165) is 25.7 Å². The molecule has 2 fully saturated rings. The minimum absolute atomic E-state index is 0.101. The van der Waals surface area contributed by atoms with Crippen molar-refractivity contribution in [3.05, 3.63) is 54.1 Å². The summed E-state index contributed by atoms with van der Waals surface area (Å²) in [6.07, 6.45) is 3.61. The second-order valence-electron chi connectivity index (χ2n) is 9.51. The summed E-state index contributed by atoms with van der Waals surface area (Å²) in [7, 11) is 0. The lowest BCUT2D eigenvalue weighted by Crippen LogP contribution is -2.55. The number of carbonyl (C=O) groups is 3. The average Bonchev–Trinajstić information content (AvgIpc) is 3.41. The van der Waals surface area contributed by atoms with Crippen molar-refractivity contribution in [1.29, 1.82) is 0 Å². The molecule has 2 heterocycles. The maximum absolute atomic E-state index is 12.9. The fourth-order valence-corrected chi connectivity index (χ4v) is 4.99. The molecule has 0 bridgehead atoms. The summed E-state index contributed by atoms with van der Waals surface area (Å²) in [5.41, 5.74) is 0.992. The standard InChI is InChI=1S/C27H32N4O5/c32-25(29-21-10-4-3-9-20(21)26(33)28-19-7-1-2-8-19)17-30-13-15-31(16-14-30)27(34)24-18-35-22-11-5-6-12-23(22)36-24/h3-6,9-12,19,24H,1-2,7-8,13-18H2,(H,28,33)(H,29,32)/t24-/m1/s1. The predicted octanol–water partition coefficient (Wildman–Crippen LogP) is 2.28. The Bertz CT molecular complexity index is 1110. The molecular formula is C27H32N4O5. The summed E-state index contributed by atoms with van der Waals surface area (Å²) in [6.45, 7) is 2.55. The zero-order valence-corrected chi connectivity index (χ0v) is 20.3. The first-order valence-electron chi connectivity index (χ1n) is 12.7. The van der Waals surface area contributed by atoms with E-state index in [9.17, 15) is 14.4 Å². The number of hydrogen-bond acceptors (Lipinski definition) is 6. The third-order valence-corrected chi connectivity index (χ3v) is 6.97. The second kappa shape index (κ2) is 11.0. The first-order chi connectivity index (χ1) is 17.6. The molecule has 3 amide bonds. The minimum Gasteiger partial charge on any atom is -0.485 e. The molecule has 1 saturated heterocycles. The van der Waals surface area contributed by atoms with E-state index in [1.807, 2.05) is 29.2 Å². The number of nitrogens with one attached hydrogen (secondary N) is 2. The van der Waals surface area contributed by atoms with Crippen LogP contribution in [0.5, 0.6) is 11.5 Å². The van der Waals surface area contributed by atoms with Crippen molar-refractivity contribution in [2.45, 2.75) is 37.8 Å². The quantitative estimate of drug-likeness (QED) is 0.642. The van der Waals surface area contributed by atoms with Gasteiger partial charge in [-0.15, -0.1) is 0 Å². The molecule has 2 aromatic carbocycles. The molecule has 1 saturated carbocycles. The molecule has 2 aliphatic heterocycles. The average molecular weight is 493 g/mol. The van der Waals surface area contributed by atoms with Gasteiger partial charge in [0.1, 0.15) is 6.61 Å². The lowest BCUT2D eigenvalue weighted by molar-refractivity contribution is -0.143. The molecule has 2 aromatic rings. The third-order valence-electron chi connectivity index (χ3n) is 6.97. The summed E-state index contributed by atoms with van der Waals surface area (Å²) in [5.74, 6) is 0.790. The Labute approximate surface area is 210 Å². The van der Waals surface area contributed by atoms with E-state index in [1.54, 1.807) is 29.2 Å². The number of anilines is 1. The van der Waals surface area contributed by atoms with Gasteiger partial charge in [0.15, 0.2) is 11.5 Å². The highest BCUT2D eigenvalue weighted by Crippen LogP contribution is 2.31. The number of amides is 3. The molecule has 9 heteroatoms. The molecule has 1 atom stereocenters. The van der Waals surface area contributed by atoms with Crippen molar-refractivity contribution in [1.82, 2.24) is 15.1 Å². The van der Waals surface area contributed by atoms with Gasteiger partial charge in [-0.05, 0) is 37.1 Å². The van der Waals surface area contributed by atoms with Crippen LogP contribution in [-0.4, -0.2) is 79.0 Å². The number of carbonyl (C=O) groups excluding carboxylic acids is 3. The van der Waals surface area contributed by atoms with Crippen LogP contribution in [0.15, 0.2) is 48.5 Å². The monoisotopic (exact) mass is 492 g/mol. The van der Waals surface area contributed by atoms with Crippen LogP contribution in [0.3, 0.4) is 0 Å². The molecular weight excluding hydrogens is 460 g/mol. The molecule has 1 aliphatic carbocycles. The maximum atomic E-state index is 12.9. The topological polar surface area (TPSA) is 100 Å². The van der Waals surface area contributed by atoms with Gasteiger partial charge in [-0.1, -0.05) is 37.1 Å². The fraction of sp³-hybridized carbons (Fsp3) is 0.444. The Hall–Kier alpha value is -3.59. The van der Waals surface area contributed by atoms with Gasteiger partial charge < -0.3 is 25.0 Å². The molecule has 0 spiro atoms. The maximum Gasteiger partial charge on any atom is 0.267 e. The van der Waals surface area contributed by atoms with E-state index < -0.39 is 6.10 Å². The van der Waals surface area contributed by atoms with Crippen molar-refractivity contribution >= 4 is 23.4 Å². The smallest absolute Gasteiger partial charge is 0.267 e. The van der Waals surface area contributed by atoms with Crippen LogP contribution in [0, 0.1) is 0 Å². The Balaban J connectivity index is 1.10. The zero-order chi connectivity index (χ0) is 24.9. The highest BCUT2D eigenvalue weighted by atomic mass is 16.6. The van der Waals surface area contributed by atoms with Gasteiger partial charge in [0.05, 0.1) is 17.8 Å². The van der Waals surface area contributed by atoms with Crippen molar-refractivity contribution in [2.75, 3.05) is 44.6 Å². The van der Waals surface area contributed by atoms with E-state index >= 15 is 0 Å². The van der Waals surface area contributed by atoms with Crippen molar-refractivity contribution in [3.63, 3.8) is 0 Å². The molecule has 3 aliphatic rings. The molecule has 36 heavy (non-hydrogen) atoms. The van der Waals surface area contributed by atoms with Crippen LogP contribution in [0.4, 0.5) is 5.69 Å². The van der Waals surface area contributed by atoms with E-state index in [2.05, 4.69) is 10.6 Å². The van der Waals surface area contributed by atoms with Gasteiger partial charge in [0, 0.05) is 32.2 Å². The SMILES string of the molecule is O=C(CN1CCN(C(=O)[C@H]2COc3ccccc3O2)CC1)Nc1ccccc1C(=O)NC1CCCC1. The summed E-state index contributed by atoms with van der Waals surface area (Å²) in [5, 5.41) is 5.98. The predicted molar refractivity (Wildman–Crippen MR) is 134 cm³/mol. The molecule has 190 valence electrons. The van der Waals surface area contributed by atoms with Gasteiger partial charge in [0.2, 0.25) is 12.0 Å². The number of fused-ring (bicyclic) bond motifs is 1. The number of benzene rings is 2. The van der Waals surface area contributed by atoms with Gasteiger partial charge in [-0.2, -0.15) is 0 Å². The van der Waals surface area contributed by atoms with E-state index in [0.29, 0.717) is 48.9 Å². The van der Waals surface area contributed by atoms with Crippen LogP contribution in [-0.2, 0) is 9.59 Å². The van der Waals surface area contributed by atoms with Gasteiger partial charge >= 0.3 is 0 Å². The summed E-state index contributed by atoms with van der Waals surface area (Å²) < 4.78 is 11.5. The molecule has 0 aromatic heterocycles. The van der Waals surface area contributed by atoms with Crippen LogP contribution in [0.25, 0.3) is 0 Å². The van der Waals surface area contributed by atoms with Crippen LogP contribution in [0.1, 0.15) is 36.0 Å². The van der Waals surface area contributed by atoms with Crippen molar-refractivity contribution in [2.24, 2.45) is 0 Å². The van der Waals surface area contributed by atoms with Crippen LogP contribution >= 0.6 is 0 Å². The van der Waals surface area contributed by atoms with Crippen molar-refractivity contribution in [3.8, 4) is 11.5 Å². The van der Waals surface area contributed by atoms with Gasteiger partial charge in [-0.3, -0.25) is 19.3 Å². The molecule has 0 unspecified atom stereocenters. The zero-order valence-electron chi connectivity index (χ0n) is 20.3. The van der Waals surface area contributed by atoms with Crippen molar-refractivity contribution < 1.29 is 23.9 Å². The number of hydrogen-bond donors (Lipinski definition) is 2. The molecule has 9 nitrogen and oxygen atoms in total. The molecule has 5 rings (SSSR count). The third kappa shape index (κ3) is 5.62. The van der Waals surface area contributed by atoms with E-state index in [4.69, 9.17) is 9.47 Å². The number of nitrogens with zero attached hydrogens (tertiary/aromatic N) is 2. The van der Waals surface area contributed by atoms with E-state index in [-0.39, 0.29) is 36.9 Å². The summed E-state index contributed by atoms with van der Waals surface area (Å²) >= 11 is 0. The molecule has 2 N–H and O–H groups in total. The number of piperazine rings is 1. The normalized spacial score (nSPS) is 20.1. The lowest BCUT2D eigenvalue weighted by Gasteiger charge is -2.36. The second-order valence-corrected chi connectivity index (χ2v) is 9.51. The largest absolute Gasteiger partial charge is 0.485 e. The highest BCUT2D eigenvalue weighted by Gasteiger charge is 2.33. The van der Waals surface area contributed by atoms with E-state index in [1.165, 1.54) is 0 Å². The van der Waals surface area contributed by atoms with Gasteiger partial charge in [-0.25, -0.2) is 0 Å². The Kier molecular flexibility index (Phi) is 7.36.